The Balaban J connectivity index is 1.60. The summed E-state index contributed by atoms with van der Waals surface area (Å²) in [7, 11) is 0. The van der Waals surface area contributed by atoms with Gasteiger partial charge in [-0.3, -0.25) is 0 Å². The van der Waals surface area contributed by atoms with Gasteiger partial charge in [0.1, 0.15) is 5.75 Å². The number of hydrogen-bond donors (Lipinski definition) is 1. The fourth-order valence-electron chi connectivity index (χ4n) is 2.24. The van der Waals surface area contributed by atoms with E-state index >= 15 is 0 Å². The summed E-state index contributed by atoms with van der Waals surface area (Å²) in [6.07, 6.45) is 6.42. The highest BCUT2D eigenvalue weighted by Crippen LogP contribution is 2.25. The number of hydrogen-bond acceptors (Lipinski definition) is 2. The molecule has 112 valence electrons. The third kappa shape index (κ3) is 5.54. The van der Waals surface area contributed by atoms with Gasteiger partial charge in [-0.05, 0) is 61.8 Å². The van der Waals surface area contributed by atoms with Crippen LogP contribution in [0.2, 0.25) is 0 Å². The molecule has 0 radical (unpaired) electrons. The predicted molar refractivity (Wildman–Crippen MR) is 85.5 cm³/mol. The number of rotatable bonds is 8. The van der Waals surface area contributed by atoms with Gasteiger partial charge in [0.15, 0.2) is 0 Å². The Labute approximate surface area is 123 Å². The molecule has 1 fully saturated rings. The van der Waals surface area contributed by atoms with Crippen LogP contribution in [0, 0.1) is 0 Å². The predicted octanol–water partition coefficient (Wildman–Crippen LogP) is 4.29. The maximum Gasteiger partial charge on any atom is 0.119 e. The highest BCUT2D eigenvalue weighted by molar-refractivity contribution is 5.32. The fourth-order valence-corrected chi connectivity index (χ4v) is 2.24. The lowest BCUT2D eigenvalue weighted by atomic mass is 9.87. The average molecular weight is 275 g/mol. The highest BCUT2D eigenvalue weighted by Gasteiger charge is 2.19. The van der Waals surface area contributed by atoms with Crippen molar-refractivity contribution in [1.82, 2.24) is 5.32 Å². The number of unbranched alkanes of at least 4 members (excludes halogenated alkanes) is 2. The summed E-state index contributed by atoms with van der Waals surface area (Å²) < 4.78 is 5.86. The van der Waals surface area contributed by atoms with Crippen molar-refractivity contribution >= 4 is 0 Å². The number of nitrogens with one attached hydrogen (secondary N) is 1. The normalized spacial score (nSPS) is 15.3. The average Bonchev–Trinajstić information content (AvgIpc) is 3.21. The van der Waals surface area contributed by atoms with Gasteiger partial charge in [0.2, 0.25) is 0 Å². The van der Waals surface area contributed by atoms with E-state index < -0.39 is 0 Å². The van der Waals surface area contributed by atoms with E-state index in [0.717, 1.165) is 24.8 Å². The summed E-state index contributed by atoms with van der Waals surface area (Å²) in [5.74, 6) is 1.01. The third-order valence-electron chi connectivity index (χ3n) is 3.80. The molecule has 2 rings (SSSR count). The Bertz CT molecular complexity index is 404. The molecule has 20 heavy (non-hydrogen) atoms. The molecule has 2 nitrogen and oxygen atoms in total. The largest absolute Gasteiger partial charge is 0.494 e. The summed E-state index contributed by atoms with van der Waals surface area (Å²) in [6, 6.07) is 9.34. The van der Waals surface area contributed by atoms with E-state index in [9.17, 15) is 0 Å². The lowest BCUT2D eigenvalue weighted by Gasteiger charge is -2.19. The van der Waals surface area contributed by atoms with Crippen molar-refractivity contribution in [3.63, 3.8) is 0 Å². The molecule has 0 amide bonds. The minimum absolute atomic E-state index is 0.188. The molecule has 0 aliphatic heterocycles. The molecule has 1 saturated carbocycles. The lowest BCUT2D eigenvalue weighted by Crippen LogP contribution is -2.17. The van der Waals surface area contributed by atoms with Crippen LogP contribution in [-0.4, -0.2) is 19.2 Å². The SMILES string of the molecule is CC(C)(C)c1cccc(OCCCCCNC2CC2)c1. The molecule has 0 heterocycles. The highest BCUT2D eigenvalue weighted by atomic mass is 16.5. The second kappa shape index (κ2) is 7.12. The van der Waals surface area contributed by atoms with E-state index in [2.05, 4.69) is 50.4 Å². The molecule has 0 bridgehead atoms. The van der Waals surface area contributed by atoms with Crippen LogP contribution in [0.1, 0.15) is 58.4 Å². The van der Waals surface area contributed by atoms with Crippen molar-refractivity contribution in [3.05, 3.63) is 29.8 Å². The van der Waals surface area contributed by atoms with Gasteiger partial charge in [-0.1, -0.05) is 32.9 Å². The van der Waals surface area contributed by atoms with Crippen molar-refractivity contribution in [3.8, 4) is 5.75 Å². The van der Waals surface area contributed by atoms with Crippen LogP contribution in [-0.2, 0) is 5.41 Å². The van der Waals surface area contributed by atoms with Crippen molar-refractivity contribution < 1.29 is 4.74 Å². The molecule has 0 unspecified atom stereocenters. The monoisotopic (exact) mass is 275 g/mol. The first-order chi connectivity index (χ1) is 9.55. The zero-order valence-electron chi connectivity index (χ0n) is 13.2. The maximum absolute atomic E-state index is 5.86. The molecule has 1 aromatic rings. The Morgan fingerprint density at radius 2 is 1.95 bits per heavy atom. The van der Waals surface area contributed by atoms with Gasteiger partial charge in [0.05, 0.1) is 6.61 Å². The fraction of sp³-hybridized carbons (Fsp3) is 0.667. The Morgan fingerprint density at radius 3 is 2.65 bits per heavy atom. The first-order valence-electron chi connectivity index (χ1n) is 8.02. The first-order valence-corrected chi connectivity index (χ1v) is 8.02. The van der Waals surface area contributed by atoms with Crippen LogP contribution in [0.5, 0.6) is 5.75 Å². The number of ether oxygens (including phenoxy) is 1. The number of benzene rings is 1. The molecule has 1 aromatic carbocycles. The molecule has 2 heteroatoms. The van der Waals surface area contributed by atoms with E-state index in [0.29, 0.717) is 0 Å². The minimum Gasteiger partial charge on any atom is -0.494 e. The molecular formula is C18H29NO. The van der Waals surface area contributed by atoms with Crippen molar-refractivity contribution in [1.29, 1.82) is 0 Å². The Morgan fingerprint density at radius 1 is 1.15 bits per heavy atom. The maximum atomic E-state index is 5.86. The van der Waals surface area contributed by atoms with Crippen molar-refractivity contribution in [2.45, 2.75) is 64.3 Å². The van der Waals surface area contributed by atoms with Crippen LogP contribution in [0.3, 0.4) is 0 Å². The second-order valence-corrected chi connectivity index (χ2v) is 6.92. The van der Waals surface area contributed by atoms with E-state index in [1.165, 1.54) is 37.8 Å². The van der Waals surface area contributed by atoms with Gasteiger partial charge in [-0.25, -0.2) is 0 Å². The topological polar surface area (TPSA) is 21.3 Å². The molecule has 1 N–H and O–H groups in total. The van der Waals surface area contributed by atoms with Crippen LogP contribution in [0.15, 0.2) is 24.3 Å². The minimum atomic E-state index is 0.188. The third-order valence-corrected chi connectivity index (χ3v) is 3.80. The van der Waals surface area contributed by atoms with Crippen molar-refractivity contribution in [2.24, 2.45) is 0 Å². The summed E-state index contributed by atoms with van der Waals surface area (Å²) in [4.78, 5) is 0. The van der Waals surface area contributed by atoms with Crippen LogP contribution in [0.4, 0.5) is 0 Å². The Kier molecular flexibility index (Phi) is 5.47. The molecule has 0 atom stereocenters. The molecular weight excluding hydrogens is 246 g/mol. The molecule has 0 saturated heterocycles. The summed E-state index contributed by atoms with van der Waals surface area (Å²) in [6.45, 7) is 8.71. The van der Waals surface area contributed by atoms with Crippen LogP contribution in [0.25, 0.3) is 0 Å². The Hall–Kier alpha value is -1.02. The lowest BCUT2D eigenvalue weighted by molar-refractivity contribution is 0.304. The van der Waals surface area contributed by atoms with Crippen LogP contribution >= 0.6 is 0 Å². The van der Waals surface area contributed by atoms with E-state index in [1.807, 2.05) is 0 Å². The van der Waals surface area contributed by atoms with E-state index in [1.54, 1.807) is 0 Å². The van der Waals surface area contributed by atoms with Gasteiger partial charge in [-0.2, -0.15) is 0 Å². The van der Waals surface area contributed by atoms with Gasteiger partial charge < -0.3 is 10.1 Å². The van der Waals surface area contributed by atoms with Crippen molar-refractivity contribution in [2.75, 3.05) is 13.2 Å². The summed E-state index contributed by atoms with van der Waals surface area (Å²) >= 11 is 0. The quantitative estimate of drug-likeness (QED) is 0.715. The zero-order valence-corrected chi connectivity index (χ0v) is 13.2. The van der Waals surface area contributed by atoms with Gasteiger partial charge in [0, 0.05) is 6.04 Å². The van der Waals surface area contributed by atoms with E-state index in [4.69, 9.17) is 4.74 Å². The zero-order chi connectivity index (χ0) is 14.4. The molecule has 0 spiro atoms. The summed E-state index contributed by atoms with van der Waals surface area (Å²) in [5.41, 5.74) is 1.53. The van der Waals surface area contributed by atoms with Gasteiger partial charge in [-0.15, -0.1) is 0 Å². The summed E-state index contributed by atoms with van der Waals surface area (Å²) in [5, 5.41) is 3.55. The van der Waals surface area contributed by atoms with Gasteiger partial charge in [0.25, 0.3) is 0 Å². The molecule has 1 aliphatic rings. The smallest absolute Gasteiger partial charge is 0.119 e. The van der Waals surface area contributed by atoms with Crippen LogP contribution < -0.4 is 10.1 Å². The standard InChI is InChI=1S/C18H29NO/c1-18(2,3)15-8-7-9-17(14-15)20-13-6-4-5-12-19-16-10-11-16/h7-9,14,16,19H,4-6,10-13H2,1-3H3. The van der Waals surface area contributed by atoms with E-state index in [-0.39, 0.29) is 5.41 Å². The second-order valence-electron chi connectivity index (χ2n) is 6.92. The first kappa shape index (κ1) is 15.4. The van der Waals surface area contributed by atoms with Gasteiger partial charge >= 0.3 is 0 Å². The molecule has 0 aromatic heterocycles. The molecule has 1 aliphatic carbocycles.